The van der Waals surface area contributed by atoms with Crippen LogP contribution in [0.1, 0.15) is 45.2 Å². The number of hydrogen-bond acceptors (Lipinski definition) is 1. The van der Waals surface area contributed by atoms with Crippen molar-refractivity contribution in [3.63, 3.8) is 0 Å². The molecule has 2 N–H and O–H groups in total. The van der Waals surface area contributed by atoms with Crippen molar-refractivity contribution < 1.29 is 8.78 Å². The Morgan fingerprint density at radius 1 is 1.24 bits per heavy atom. The Hall–Kier alpha value is -0.480. The highest BCUT2D eigenvalue weighted by molar-refractivity contribution is 9.10. The maximum atomic E-state index is 13.6. The molecule has 0 fully saturated rings. The Balaban J connectivity index is 2.82. The Morgan fingerprint density at radius 3 is 2.35 bits per heavy atom. The molecular formula is C13H18BrF2N. The van der Waals surface area contributed by atoms with Gasteiger partial charge in [-0.2, -0.15) is 0 Å². The normalized spacial score (nSPS) is 13.8. The summed E-state index contributed by atoms with van der Waals surface area (Å²) in [7, 11) is 0. The SMILES string of the molecule is CC(C)(C)CCC(N)c1cc(F)c(Br)cc1F. The maximum Gasteiger partial charge on any atom is 0.137 e. The zero-order chi connectivity index (χ0) is 13.2. The molecular weight excluding hydrogens is 288 g/mol. The average molecular weight is 306 g/mol. The summed E-state index contributed by atoms with van der Waals surface area (Å²) in [6.45, 7) is 6.29. The lowest BCUT2D eigenvalue weighted by Crippen LogP contribution is -2.16. The first-order valence-corrected chi connectivity index (χ1v) is 6.40. The molecule has 0 heterocycles. The summed E-state index contributed by atoms with van der Waals surface area (Å²) in [5.41, 5.74) is 6.29. The number of rotatable bonds is 3. The molecule has 0 amide bonds. The van der Waals surface area contributed by atoms with Gasteiger partial charge in [0.1, 0.15) is 11.6 Å². The van der Waals surface area contributed by atoms with E-state index in [1.54, 1.807) is 0 Å². The van der Waals surface area contributed by atoms with Gasteiger partial charge in [0.15, 0.2) is 0 Å². The maximum absolute atomic E-state index is 13.6. The van der Waals surface area contributed by atoms with Gasteiger partial charge in [0.05, 0.1) is 4.47 Å². The van der Waals surface area contributed by atoms with E-state index in [0.717, 1.165) is 12.5 Å². The van der Waals surface area contributed by atoms with Crippen LogP contribution in [0.4, 0.5) is 8.78 Å². The van der Waals surface area contributed by atoms with Gasteiger partial charge in [-0.05, 0) is 46.3 Å². The van der Waals surface area contributed by atoms with Gasteiger partial charge in [0.25, 0.3) is 0 Å². The molecule has 0 bridgehead atoms. The van der Waals surface area contributed by atoms with Gasteiger partial charge in [-0.1, -0.05) is 20.8 Å². The Bertz CT molecular complexity index is 399. The van der Waals surface area contributed by atoms with Crippen molar-refractivity contribution in [3.8, 4) is 0 Å². The third kappa shape index (κ3) is 4.36. The van der Waals surface area contributed by atoms with E-state index in [2.05, 4.69) is 36.7 Å². The largest absolute Gasteiger partial charge is 0.324 e. The lowest BCUT2D eigenvalue weighted by atomic mass is 9.87. The van der Waals surface area contributed by atoms with Crippen LogP contribution in [0.3, 0.4) is 0 Å². The van der Waals surface area contributed by atoms with Crippen molar-refractivity contribution in [1.29, 1.82) is 0 Å². The molecule has 1 nitrogen and oxygen atoms in total. The molecule has 4 heteroatoms. The van der Waals surface area contributed by atoms with E-state index in [1.165, 1.54) is 6.07 Å². The van der Waals surface area contributed by atoms with Crippen LogP contribution < -0.4 is 5.73 Å². The van der Waals surface area contributed by atoms with Crippen LogP contribution in [0.25, 0.3) is 0 Å². The minimum atomic E-state index is -0.479. The van der Waals surface area contributed by atoms with Crippen LogP contribution in [-0.4, -0.2) is 0 Å². The third-order valence-electron chi connectivity index (χ3n) is 2.64. The number of benzene rings is 1. The molecule has 17 heavy (non-hydrogen) atoms. The molecule has 0 aliphatic carbocycles. The number of hydrogen-bond donors (Lipinski definition) is 1. The van der Waals surface area contributed by atoms with E-state index in [9.17, 15) is 8.78 Å². The summed E-state index contributed by atoms with van der Waals surface area (Å²) in [4.78, 5) is 0. The molecule has 0 aliphatic heterocycles. The van der Waals surface area contributed by atoms with Gasteiger partial charge in [-0.3, -0.25) is 0 Å². The van der Waals surface area contributed by atoms with Gasteiger partial charge in [0.2, 0.25) is 0 Å². The first-order chi connectivity index (χ1) is 7.70. The van der Waals surface area contributed by atoms with Crippen molar-refractivity contribution in [3.05, 3.63) is 33.8 Å². The second-order valence-corrected chi connectivity index (χ2v) is 6.35. The number of halogens is 3. The van der Waals surface area contributed by atoms with Gasteiger partial charge in [-0.15, -0.1) is 0 Å². The molecule has 0 spiro atoms. The van der Waals surface area contributed by atoms with Crippen molar-refractivity contribution >= 4 is 15.9 Å². The van der Waals surface area contributed by atoms with Crippen molar-refractivity contribution in [2.24, 2.45) is 11.1 Å². The van der Waals surface area contributed by atoms with Crippen LogP contribution in [0.15, 0.2) is 16.6 Å². The second-order valence-electron chi connectivity index (χ2n) is 5.49. The highest BCUT2D eigenvalue weighted by Crippen LogP contribution is 2.29. The lowest BCUT2D eigenvalue weighted by molar-refractivity contribution is 0.347. The standard InChI is InChI=1S/C13H18BrF2N/c1-13(2,3)5-4-12(17)8-6-11(16)9(14)7-10(8)15/h6-7,12H,4-5,17H2,1-3H3. The predicted octanol–water partition coefficient (Wildman–Crippen LogP) is 4.55. The molecule has 0 aromatic heterocycles. The fourth-order valence-corrected chi connectivity index (χ4v) is 1.88. The summed E-state index contributed by atoms with van der Waals surface area (Å²) in [5.74, 6) is -0.938. The smallest absolute Gasteiger partial charge is 0.137 e. The minimum absolute atomic E-state index is 0.127. The topological polar surface area (TPSA) is 26.0 Å². The predicted molar refractivity (Wildman–Crippen MR) is 69.7 cm³/mol. The fourth-order valence-electron chi connectivity index (χ4n) is 1.57. The van der Waals surface area contributed by atoms with Gasteiger partial charge in [0, 0.05) is 11.6 Å². The summed E-state index contributed by atoms with van der Waals surface area (Å²) in [6, 6.07) is 1.84. The first kappa shape index (κ1) is 14.6. The summed E-state index contributed by atoms with van der Waals surface area (Å²) < 4.78 is 27.1. The van der Waals surface area contributed by atoms with Crippen molar-refractivity contribution in [2.45, 2.75) is 39.7 Å². The van der Waals surface area contributed by atoms with Crippen molar-refractivity contribution in [1.82, 2.24) is 0 Å². The van der Waals surface area contributed by atoms with Crippen LogP contribution >= 0.6 is 15.9 Å². The van der Waals surface area contributed by atoms with E-state index < -0.39 is 17.7 Å². The zero-order valence-corrected chi connectivity index (χ0v) is 11.9. The Kier molecular flexibility index (Phi) is 4.67. The van der Waals surface area contributed by atoms with Crippen LogP contribution in [0.2, 0.25) is 0 Å². The summed E-state index contributed by atoms with van der Waals surface area (Å²) >= 11 is 2.94. The molecule has 0 saturated carbocycles. The molecule has 1 aromatic rings. The Labute approximate surface area is 110 Å². The molecule has 0 radical (unpaired) electrons. The molecule has 1 atom stereocenters. The quantitative estimate of drug-likeness (QED) is 0.814. The average Bonchev–Trinajstić information content (AvgIpc) is 2.19. The van der Waals surface area contributed by atoms with E-state index in [1.807, 2.05) is 0 Å². The zero-order valence-electron chi connectivity index (χ0n) is 10.4. The summed E-state index contributed by atoms with van der Waals surface area (Å²) in [6.07, 6.45) is 1.51. The molecule has 0 saturated heterocycles. The fraction of sp³-hybridized carbons (Fsp3) is 0.538. The van der Waals surface area contributed by atoms with Gasteiger partial charge >= 0.3 is 0 Å². The Morgan fingerprint density at radius 2 is 1.82 bits per heavy atom. The molecule has 1 unspecified atom stereocenters. The van der Waals surface area contributed by atoms with Crippen molar-refractivity contribution in [2.75, 3.05) is 0 Å². The third-order valence-corrected chi connectivity index (χ3v) is 3.25. The highest BCUT2D eigenvalue weighted by Gasteiger charge is 2.18. The van der Waals surface area contributed by atoms with E-state index in [-0.39, 0.29) is 15.5 Å². The number of nitrogens with two attached hydrogens (primary N) is 1. The minimum Gasteiger partial charge on any atom is -0.324 e. The molecule has 0 aliphatic rings. The monoisotopic (exact) mass is 305 g/mol. The van der Waals surface area contributed by atoms with Crippen LogP contribution in [0, 0.1) is 17.0 Å². The van der Waals surface area contributed by atoms with Gasteiger partial charge < -0.3 is 5.73 Å². The van der Waals surface area contributed by atoms with E-state index in [4.69, 9.17) is 5.73 Å². The molecule has 96 valence electrons. The molecule has 1 rings (SSSR count). The molecule has 1 aromatic carbocycles. The highest BCUT2D eigenvalue weighted by atomic mass is 79.9. The van der Waals surface area contributed by atoms with Crippen LogP contribution in [-0.2, 0) is 0 Å². The van der Waals surface area contributed by atoms with E-state index >= 15 is 0 Å². The van der Waals surface area contributed by atoms with E-state index in [0.29, 0.717) is 6.42 Å². The summed E-state index contributed by atoms with van der Waals surface area (Å²) in [5, 5.41) is 0. The first-order valence-electron chi connectivity index (χ1n) is 5.61. The lowest BCUT2D eigenvalue weighted by Gasteiger charge is -2.21. The second kappa shape index (κ2) is 5.44. The van der Waals surface area contributed by atoms with Crippen LogP contribution in [0.5, 0.6) is 0 Å². The van der Waals surface area contributed by atoms with Gasteiger partial charge in [-0.25, -0.2) is 8.78 Å².